The zero-order valence-corrected chi connectivity index (χ0v) is 15.6. The van der Waals surface area contributed by atoms with Gasteiger partial charge in [-0.05, 0) is 38.1 Å². The quantitative estimate of drug-likeness (QED) is 0.419. The lowest BCUT2D eigenvalue weighted by Crippen LogP contribution is -2.30. The summed E-state index contributed by atoms with van der Waals surface area (Å²) in [5.41, 5.74) is 0.00382. The Labute approximate surface area is 161 Å². The second kappa shape index (κ2) is 9.36. The first-order valence-electron chi connectivity index (χ1n) is 8.43. The first kappa shape index (κ1) is 20.7. The highest BCUT2D eigenvalue weighted by atomic mass is 16.6. The van der Waals surface area contributed by atoms with Crippen LogP contribution >= 0.6 is 0 Å². The maximum Gasteiger partial charge on any atom is 0.339 e. The van der Waals surface area contributed by atoms with Gasteiger partial charge in [0.25, 0.3) is 5.91 Å². The van der Waals surface area contributed by atoms with Crippen LogP contribution in [0.4, 0.5) is 11.4 Å². The number of nitro benzene ring substituents is 1. The summed E-state index contributed by atoms with van der Waals surface area (Å²) in [5.74, 6) is -0.936. The molecule has 1 atom stereocenters. The molecule has 9 nitrogen and oxygen atoms in total. The largest absolute Gasteiger partial charge is 0.495 e. The van der Waals surface area contributed by atoms with Crippen LogP contribution in [0.2, 0.25) is 0 Å². The summed E-state index contributed by atoms with van der Waals surface area (Å²) in [4.78, 5) is 35.1. The summed E-state index contributed by atoms with van der Waals surface area (Å²) in [6.07, 6.45) is -1.14. The standard InChI is InChI=1S/C19H20N2O7/c1-4-27-17-10-9-13(11-15(17)21(24)25)19(23)28-12(2)18(22)20-14-7-5-6-8-16(14)26-3/h5-12H,4H2,1-3H3,(H,20,22)/t12-/m0/s1. The van der Waals surface area contributed by atoms with Crippen LogP contribution in [-0.4, -0.2) is 36.6 Å². The van der Waals surface area contributed by atoms with Gasteiger partial charge in [0.05, 0.1) is 29.9 Å². The number of hydrogen-bond donors (Lipinski definition) is 1. The zero-order chi connectivity index (χ0) is 20.7. The smallest absolute Gasteiger partial charge is 0.339 e. The van der Waals surface area contributed by atoms with Crippen molar-refractivity contribution in [2.75, 3.05) is 19.0 Å². The number of rotatable bonds is 8. The average Bonchev–Trinajstić information content (AvgIpc) is 2.68. The summed E-state index contributed by atoms with van der Waals surface area (Å²) in [6, 6.07) is 10.5. The number of esters is 1. The molecule has 0 fully saturated rings. The van der Waals surface area contributed by atoms with Gasteiger partial charge in [-0.1, -0.05) is 12.1 Å². The van der Waals surface area contributed by atoms with E-state index in [1.54, 1.807) is 31.2 Å². The Hall–Kier alpha value is -3.62. The second-order valence-electron chi connectivity index (χ2n) is 5.61. The molecular weight excluding hydrogens is 368 g/mol. The molecule has 0 saturated carbocycles. The number of nitro groups is 1. The molecule has 2 aromatic rings. The van der Waals surface area contributed by atoms with Crippen LogP contribution in [0.15, 0.2) is 42.5 Å². The molecule has 0 aromatic heterocycles. The van der Waals surface area contributed by atoms with Gasteiger partial charge in [0.2, 0.25) is 0 Å². The average molecular weight is 388 g/mol. The normalized spacial score (nSPS) is 11.2. The van der Waals surface area contributed by atoms with Crippen molar-refractivity contribution in [1.29, 1.82) is 0 Å². The van der Waals surface area contributed by atoms with Crippen LogP contribution in [0.1, 0.15) is 24.2 Å². The molecule has 28 heavy (non-hydrogen) atoms. The predicted octanol–water partition coefficient (Wildman–Crippen LogP) is 3.19. The van der Waals surface area contributed by atoms with Crippen LogP contribution in [-0.2, 0) is 9.53 Å². The van der Waals surface area contributed by atoms with Crippen molar-refractivity contribution in [3.63, 3.8) is 0 Å². The van der Waals surface area contributed by atoms with Gasteiger partial charge in [0, 0.05) is 6.07 Å². The van der Waals surface area contributed by atoms with E-state index in [0.717, 1.165) is 6.07 Å². The van der Waals surface area contributed by atoms with Gasteiger partial charge >= 0.3 is 11.7 Å². The van der Waals surface area contributed by atoms with Crippen molar-refractivity contribution in [3.8, 4) is 11.5 Å². The minimum atomic E-state index is -1.14. The molecule has 1 amide bonds. The lowest BCUT2D eigenvalue weighted by atomic mass is 10.2. The van der Waals surface area contributed by atoms with Gasteiger partial charge in [0.1, 0.15) is 5.75 Å². The predicted molar refractivity (Wildman–Crippen MR) is 101 cm³/mol. The molecule has 148 valence electrons. The molecule has 0 saturated heterocycles. The highest BCUT2D eigenvalue weighted by molar-refractivity contribution is 5.98. The van der Waals surface area contributed by atoms with Crippen molar-refractivity contribution in [2.45, 2.75) is 20.0 Å². The number of nitrogens with zero attached hydrogens (tertiary/aromatic N) is 1. The van der Waals surface area contributed by atoms with E-state index in [2.05, 4.69) is 5.32 Å². The second-order valence-corrected chi connectivity index (χ2v) is 5.61. The summed E-state index contributed by atoms with van der Waals surface area (Å²) in [5, 5.41) is 13.8. The van der Waals surface area contributed by atoms with Gasteiger partial charge in [-0.25, -0.2) is 4.79 Å². The van der Waals surface area contributed by atoms with Crippen molar-refractivity contribution in [3.05, 3.63) is 58.1 Å². The Morgan fingerprint density at radius 1 is 1.18 bits per heavy atom. The fourth-order valence-electron chi connectivity index (χ4n) is 2.33. The lowest BCUT2D eigenvalue weighted by Gasteiger charge is -2.15. The summed E-state index contributed by atoms with van der Waals surface area (Å²) in [6.45, 7) is 3.32. The van der Waals surface area contributed by atoms with E-state index in [4.69, 9.17) is 14.2 Å². The number of amides is 1. The van der Waals surface area contributed by atoms with E-state index < -0.39 is 22.9 Å². The molecule has 2 aromatic carbocycles. The first-order chi connectivity index (χ1) is 13.4. The number of anilines is 1. The number of methoxy groups -OCH3 is 1. The van der Waals surface area contributed by atoms with Crippen LogP contribution in [0.3, 0.4) is 0 Å². The van der Waals surface area contributed by atoms with Crippen molar-refractivity contribution < 1.29 is 28.7 Å². The topological polar surface area (TPSA) is 117 Å². The van der Waals surface area contributed by atoms with Gasteiger partial charge in [-0.3, -0.25) is 14.9 Å². The van der Waals surface area contributed by atoms with Crippen molar-refractivity contribution in [2.24, 2.45) is 0 Å². The lowest BCUT2D eigenvalue weighted by molar-refractivity contribution is -0.385. The Balaban J connectivity index is 2.10. The third-order valence-corrected chi connectivity index (χ3v) is 3.71. The van der Waals surface area contributed by atoms with E-state index in [9.17, 15) is 19.7 Å². The summed E-state index contributed by atoms with van der Waals surface area (Å²) < 4.78 is 15.4. The minimum absolute atomic E-state index is 0.0472. The molecule has 0 aliphatic rings. The Kier molecular flexibility index (Phi) is 6.91. The van der Waals surface area contributed by atoms with E-state index in [1.807, 2.05) is 0 Å². The summed E-state index contributed by atoms with van der Waals surface area (Å²) in [7, 11) is 1.47. The van der Waals surface area contributed by atoms with Crippen LogP contribution in [0.5, 0.6) is 11.5 Å². The molecule has 1 N–H and O–H groups in total. The van der Waals surface area contributed by atoms with Gasteiger partial charge in [0.15, 0.2) is 11.9 Å². The van der Waals surface area contributed by atoms with E-state index in [-0.39, 0.29) is 23.6 Å². The fraction of sp³-hybridized carbons (Fsp3) is 0.263. The molecular formula is C19H20N2O7. The van der Waals surface area contributed by atoms with Crippen molar-refractivity contribution >= 4 is 23.3 Å². The first-order valence-corrected chi connectivity index (χ1v) is 8.43. The molecule has 0 aliphatic carbocycles. The Morgan fingerprint density at radius 2 is 1.89 bits per heavy atom. The molecule has 2 rings (SSSR count). The summed E-state index contributed by atoms with van der Waals surface area (Å²) >= 11 is 0. The maximum atomic E-state index is 12.3. The number of para-hydroxylation sites is 2. The highest BCUT2D eigenvalue weighted by Gasteiger charge is 2.23. The van der Waals surface area contributed by atoms with Crippen LogP contribution in [0, 0.1) is 10.1 Å². The number of hydrogen-bond acceptors (Lipinski definition) is 7. The number of ether oxygens (including phenoxy) is 3. The molecule has 0 aliphatic heterocycles. The van der Waals surface area contributed by atoms with Crippen molar-refractivity contribution in [1.82, 2.24) is 0 Å². The molecule has 9 heteroatoms. The maximum absolute atomic E-state index is 12.3. The SMILES string of the molecule is CCOc1ccc(C(=O)O[C@@H](C)C(=O)Nc2ccccc2OC)cc1[N+](=O)[O-]. The number of carbonyl (C=O) groups is 2. The minimum Gasteiger partial charge on any atom is -0.495 e. The number of benzene rings is 2. The zero-order valence-electron chi connectivity index (χ0n) is 15.6. The van der Waals surface area contributed by atoms with Crippen LogP contribution < -0.4 is 14.8 Å². The third kappa shape index (κ3) is 4.97. The molecule has 0 unspecified atom stereocenters. The molecule has 0 spiro atoms. The van der Waals surface area contributed by atoms with E-state index in [1.165, 1.54) is 26.2 Å². The Morgan fingerprint density at radius 3 is 2.54 bits per heavy atom. The van der Waals surface area contributed by atoms with E-state index >= 15 is 0 Å². The van der Waals surface area contributed by atoms with Gasteiger partial charge < -0.3 is 19.5 Å². The molecule has 0 heterocycles. The number of nitrogens with one attached hydrogen (secondary N) is 1. The van der Waals surface area contributed by atoms with Crippen LogP contribution in [0.25, 0.3) is 0 Å². The number of carbonyl (C=O) groups excluding carboxylic acids is 2. The molecule has 0 bridgehead atoms. The van der Waals surface area contributed by atoms with Gasteiger partial charge in [-0.15, -0.1) is 0 Å². The highest BCUT2D eigenvalue weighted by Crippen LogP contribution is 2.28. The van der Waals surface area contributed by atoms with Gasteiger partial charge in [-0.2, -0.15) is 0 Å². The fourth-order valence-corrected chi connectivity index (χ4v) is 2.33. The monoisotopic (exact) mass is 388 g/mol. The third-order valence-electron chi connectivity index (χ3n) is 3.71. The molecule has 0 radical (unpaired) electrons. The Bertz CT molecular complexity index is 882. The van der Waals surface area contributed by atoms with E-state index in [0.29, 0.717) is 11.4 Å².